The Labute approximate surface area is 139 Å². The van der Waals surface area contributed by atoms with Gasteiger partial charge in [0.05, 0.1) is 24.0 Å². The van der Waals surface area contributed by atoms with E-state index < -0.39 is 14.9 Å². The summed E-state index contributed by atoms with van der Waals surface area (Å²) in [6.45, 7) is 0.00534. The molecule has 24 heavy (non-hydrogen) atoms. The first kappa shape index (κ1) is 17.7. The summed E-state index contributed by atoms with van der Waals surface area (Å²) >= 11 is 0. The second-order valence-electron chi connectivity index (χ2n) is 4.77. The van der Waals surface area contributed by atoms with Crippen LogP contribution in [0.5, 0.6) is 11.5 Å². The minimum absolute atomic E-state index is 0.00534. The smallest absolute Gasteiger partial charge is 0.270 e. The van der Waals surface area contributed by atoms with Crippen LogP contribution in [0.25, 0.3) is 0 Å². The largest absolute Gasteiger partial charge is 0.493 e. The Morgan fingerprint density at radius 1 is 1.08 bits per heavy atom. The van der Waals surface area contributed by atoms with Crippen LogP contribution in [-0.4, -0.2) is 27.6 Å². The highest BCUT2D eigenvalue weighted by Crippen LogP contribution is 2.27. The lowest BCUT2D eigenvalue weighted by molar-refractivity contribution is -0.385. The standard InChI is InChI=1S/C15H16N2O6S/c1-22-14-7-6-11(8-15(14)23-2)10-16-24(20,21)13-5-3-4-12(9-13)17(18)19/h3-9,16H,10H2,1-2H3. The molecule has 9 heteroatoms. The van der Waals surface area contributed by atoms with Gasteiger partial charge in [-0.2, -0.15) is 0 Å². The average Bonchev–Trinajstić information content (AvgIpc) is 2.59. The zero-order chi connectivity index (χ0) is 17.7. The van der Waals surface area contributed by atoms with Gasteiger partial charge in [-0.1, -0.05) is 12.1 Å². The number of sulfonamides is 1. The van der Waals surface area contributed by atoms with Gasteiger partial charge in [-0.05, 0) is 23.8 Å². The minimum atomic E-state index is -3.88. The Morgan fingerprint density at radius 3 is 2.42 bits per heavy atom. The number of nitrogens with zero attached hydrogens (tertiary/aromatic N) is 1. The number of hydrogen-bond acceptors (Lipinski definition) is 6. The van der Waals surface area contributed by atoms with Crippen LogP contribution in [0.4, 0.5) is 5.69 Å². The van der Waals surface area contributed by atoms with Crippen LogP contribution in [-0.2, 0) is 16.6 Å². The van der Waals surface area contributed by atoms with Crippen molar-refractivity contribution in [2.24, 2.45) is 0 Å². The van der Waals surface area contributed by atoms with E-state index in [-0.39, 0.29) is 17.1 Å². The fourth-order valence-corrected chi connectivity index (χ4v) is 3.07. The molecule has 0 saturated carbocycles. The predicted octanol–water partition coefficient (Wildman–Crippen LogP) is 2.09. The van der Waals surface area contributed by atoms with Gasteiger partial charge in [0.15, 0.2) is 11.5 Å². The van der Waals surface area contributed by atoms with E-state index >= 15 is 0 Å². The molecule has 0 aromatic heterocycles. The molecular weight excluding hydrogens is 336 g/mol. The van der Waals surface area contributed by atoms with Gasteiger partial charge in [-0.25, -0.2) is 13.1 Å². The highest BCUT2D eigenvalue weighted by molar-refractivity contribution is 7.89. The Balaban J connectivity index is 2.18. The second kappa shape index (κ2) is 7.28. The van der Waals surface area contributed by atoms with E-state index in [1.807, 2.05) is 0 Å². The molecule has 0 atom stereocenters. The van der Waals surface area contributed by atoms with Gasteiger partial charge in [-0.15, -0.1) is 0 Å². The molecule has 8 nitrogen and oxygen atoms in total. The molecule has 0 amide bonds. The molecule has 0 bridgehead atoms. The molecule has 0 aliphatic heterocycles. The molecule has 128 valence electrons. The second-order valence-corrected chi connectivity index (χ2v) is 6.54. The van der Waals surface area contributed by atoms with Gasteiger partial charge in [0, 0.05) is 18.7 Å². The van der Waals surface area contributed by atoms with Crippen molar-refractivity contribution in [3.05, 3.63) is 58.1 Å². The van der Waals surface area contributed by atoms with Crippen molar-refractivity contribution in [2.75, 3.05) is 14.2 Å². The number of nitro groups is 1. The van der Waals surface area contributed by atoms with Crippen LogP contribution in [0.2, 0.25) is 0 Å². The molecule has 2 aromatic rings. The van der Waals surface area contributed by atoms with Gasteiger partial charge in [0.2, 0.25) is 10.0 Å². The molecule has 1 N–H and O–H groups in total. The SMILES string of the molecule is COc1ccc(CNS(=O)(=O)c2cccc([N+](=O)[O-])c2)cc1OC. The summed E-state index contributed by atoms with van der Waals surface area (Å²) in [6, 6.07) is 9.86. The lowest BCUT2D eigenvalue weighted by Gasteiger charge is -2.10. The van der Waals surface area contributed by atoms with E-state index in [1.54, 1.807) is 18.2 Å². The highest BCUT2D eigenvalue weighted by atomic mass is 32.2. The normalized spacial score (nSPS) is 11.1. The van der Waals surface area contributed by atoms with Crippen LogP contribution in [0.15, 0.2) is 47.4 Å². The number of non-ortho nitro benzene ring substituents is 1. The monoisotopic (exact) mass is 352 g/mol. The summed E-state index contributed by atoms with van der Waals surface area (Å²) in [5, 5.41) is 10.8. The topological polar surface area (TPSA) is 108 Å². The minimum Gasteiger partial charge on any atom is -0.493 e. The zero-order valence-corrected chi connectivity index (χ0v) is 13.9. The van der Waals surface area contributed by atoms with Crippen molar-refractivity contribution in [3.8, 4) is 11.5 Å². The van der Waals surface area contributed by atoms with Gasteiger partial charge < -0.3 is 9.47 Å². The average molecular weight is 352 g/mol. The summed E-state index contributed by atoms with van der Waals surface area (Å²) in [5.41, 5.74) is 0.366. The summed E-state index contributed by atoms with van der Waals surface area (Å²) in [5.74, 6) is 1.01. The number of nitro benzene ring substituents is 1. The Bertz CT molecular complexity index is 851. The third kappa shape index (κ3) is 4.00. The molecule has 0 fully saturated rings. The van der Waals surface area contributed by atoms with Gasteiger partial charge in [0.25, 0.3) is 5.69 Å². The van der Waals surface area contributed by atoms with Gasteiger partial charge in [-0.3, -0.25) is 10.1 Å². The Hall–Kier alpha value is -2.65. The number of benzene rings is 2. The first-order chi connectivity index (χ1) is 11.4. The van der Waals surface area contributed by atoms with E-state index in [4.69, 9.17) is 9.47 Å². The van der Waals surface area contributed by atoms with Crippen molar-refractivity contribution >= 4 is 15.7 Å². The molecule has 0 radical (unpaired) electrons. The van der Waals surface area contributed by atoms with Crippen LogP contribution in [0.3, 0.4) is 0 Å². The zero-order valence-electron chi connectivity index (χ0n) is 13.1. The molecule has 0 heterocycles. The van der Waals surface area contributed by atoms with Crippen molar-refractivity contribution in [1.29, 1.82) is 0 Å². The fraction of sp³-hybridized carbons (Fsp3) is 0.200. The van der Waals surface area contributed by atoms with Crippen LogP contribution in [0, 0.1) is 10.1 Å². The third-order valence-electron chi connectivity index (χ3n) is 3.25. The molecule has 2 aromatic carbocycles. The number of rotatable bonds is 7. The Kier molecular flexibility index (Phi) is 5.37. The van der Waals surface area contributed by atoms with Crippen molar-refractivity contribution < 1.29 is 22.8 Å². The molecule has 2 rings (SSSR count). The number of methoxy groups -OCH3 is 2. The van der Waals surface area contributed by atoms with Crippen molar-refractivity contribution in [1.82, 2.24) is 4.72 Å². The number of ether oxygens (including phenoxy) is 2. The van der Waals surface area contributed by atoms with E-state index in [2.05, 4.69) is 4.72 Å². The maximum atomic E-state index is 12.3. The third-order valence-corrected chi connectivity index (χ3v) is 4.65. The first-order valence-electron chi connectivity index (χ1n) is 6.82. The van der Waals surface area contributed by atoms with Crippen LogP contribution < -0.4 is 14.2 Å². The summed E-state index contributed by atoms with van der Waals surface area (Å²) in [4.78, 5) is 9.94. The van der Waals surface area contributed by atoms with E-state index in [0.29, 0.717) is 17.1 Å². The lowest BCUT2D eigenvalue weighted by atomic mass is 10.2. The summed E-state index contributed by atoms with van der Waals surface area (Å²) < 4.78 is 37.2. The lowest BCUT2D eigenvalue weighted by Crippen LogP contribution is -2.23. The quantitative estimate of drug-likeness (QED) is 0.604. The number of hydrogen-bond donors (Lipinski definition) is 1. The molecule has 0 aliphatic rings. The van der Waals surface area contributed by atoms with E-state index in [9.17, 15) is 18.5 Å². The maximum Gasteiger partial charge on any atom is 0.270 e. The fourth-order valence-electron chi connectivity index (χ4n) is 2.02. The summed E-state index contributed by atoms with van der Waals surface area (Å²) in [7, 11) is -0.893. The molecule has 0 spiro atoms. The number of nitrogens with one attached hydrogen (secondary N) is 1. The van der Waals surface area contributed by atoms with E-state index in [0.717, 1.165) is 6.07 Å². The van der Waals surface area contributed by atoms with Crippen LogP contribution >= 0.6 is 0 Å². The van der Waals surface area contributed by atoms with Crippen molar-refractivity contribution in [2.45, 2.75) is 11.4 Å². The molecular formula is C15H16N2O6S. The maximum absolute atomic E-state index is 12.3. The molecule has 0 aliphatic carbocycles. The van der Waals surface area contributed by atoms with Crippen LogP contribution in [0.1, 0.15) is 5.56 Å². The molecule has 0 unspecified atom stereocenters. The van der Waals surface area contributed by atoms with Gasteiger partial charge in [0.1, 0.15) is 0 Å². The summed E-state index contributed by atoms with van der Waals surface area (Å²) in [6.07, 6.45) is 0. The molecule has 0 saturated heterocycles. The van der Waals surface area contributed by atoms with Gasteiger partial charge >= 0.3 is 0 Å². The van der Waals surface area contributed by atoms with E-state index in [1.165, 1.54) is 32.4 Å². The predicted molar refractivity (Wildman–Crippen MR) is 86.7 cm³/mol. The highest BCUT2D eigenvalue weighted by Gasteiger charge is 2.17. The first-order valence-corrected chi connectivity index (χ1v) is 8.30. The van der Waals surface area contributed by atoms with Crippen molar-refractivity contribution in [3.63, 3.8) is 0 Å². The Morgan fingerprint density at radius 2 is 1.79 bits per heavy atom.